The molecule has 2 aliphatic rings. The van der Waals surface area contributed by atoms with E-state index in [0.717, 1.165) is 11.3 Å². The number of phenols is 1. The topological polar surface area (TPSA) is 84.9 Å². The van der Waals surface area contributed by atoms with Crippen molar-refractivity contribution in [3.63, 3.8) is 0 Å². The van der Waals surface area contributed by atoms with Gasteiger partial charge in [-0.2, -0.15) is 0 Å². The van der Waals surface area contributed by atoms with Gasteiger partial charge in [0.2, 0.25) is 0 Å². The molecular formula is C28H31NO5. The lowest BCUT2D eigenvalue weighted by Crippen LogP contribution is -2.36. The van der Waals surface area contributed by atoms with Crippen LogP contribution in [0.1, 0.15) is 63.0 Å². The van der Waals surface area contributed by atoms with E-state index in [1.165, 1.54) is 0 Å². The maximum Gasteiger partial charge on any atom is 0.336 e. The number of aromatic hydroxyl groups is 1. The van der Waals surface area contributed by atoms with Crippen LogP contribution >= 0.6 is 0 Å². The number of carbonyl (C=O) groups excluding carboxylic acids is 2. The van der Waals surface area contributed by atoms with E-state index >= 15 is 0 Å². The van der Waals surface area contributed by atoms with Crippen LogP contribution in [0, 0.1) is 0 Å². The third-order valence-electron chi connectivity index (χ3n) is 6.37. The molecule has 0 saturated carbocycles. The highest BCUT2D eigenvalue weighted by molar-refractivity contribution is 6.04. The molecule has 178 valence electrons. The molecule has 0 aromatic heterocycles. The lowest BCUT2D eigenvalue weighted by molar-refractivity contribution is -0.139. The van der Waals surface area contributed by atoms with Crippen LogP contribution in [0.2, 0.25) is 0 Å². The predicted molar refractivity (Wildman–Crippen MR) is 130 cm³/mol. The van der Waals surface area contributed by atoms with E-state index in [1.807, 2.05) is 51.1 Å². The SMILES string of the molecule is CCCOC(=O)C1=C(C)NC2=C(C(=O)C[C@@H](c3ccccc3)C2)[C@@H]1c1ccc(O)c(OCC)c1. The largest absolute Gasteiger partial charge is 0.504 e. The van der Waals surface area contributed by atoms with E-state index in [4.69, 9.17) is 9.47 Å². The monoisotopic (exact) mass is 461 g/mol. The number of hydrogen-bond donors (Lipinski definition) is 2. The summed E-state index contributed by atoms with van der Waals surface area (Å²) in [6.45, 7) is 6.31. The van der Waals surface area contributed by atoms with Crippen molar-refractivity contribution in [3.8, 4) is 11.5 Å². The van der Waals surface area contributed by atoms with Crippen LogP contribution < -0.4 is 10.1 Å². The first-order valence-corrected chi connectivity index (χ1v) is 11.9. The Hall–Kier alpha value is -3.54. The summed E-state index contributed by atoms with van der Waals surface area (Å²) < 4.78 is 11.1. The Labute approximate surface area is 200 Å². The summed E-state index contributed by atoms with van der Waals surface area (Å²) >= 11 is 0. The number of Topliss-reactive ketones (excluding diaryl/α,β-unsaturated/α-hetero) is 1. The van der Waals surface area contributed by atoms with Crippen molar-refractivity contribution >= 4 is 11.8 Å². The van der Waals surface area contributed by atoms with Crippen LogP contribution in [-0.2, 0) is 14.3 Å². The first-order valence-electron chi connectivity index (χ1n) is 11.9. The summed E-state index contributed by atoms with van der Waals surface area (Å²) in [5.41, 5.74) is 4.37. The average Bonchev–Trinajstić information content (AvgIpc) is 2.83. The van der Waals surface area contributed by atoms with Crippen molar-refractivity contribution in [3.05, 3.63) is 82.2 Å². The van der Waals surface area contributed by atoms with Crippen molar-refractivity contribution in [2.24, 2.45) is 0 Å². The minimum Gasteiger partial charge on any atom is -0.504 e. The van der Waals surface area contributed by atoms with Crippen molar-refractivity contribution in [1.29, 1.82) is 0 Å². The number of ketones is 1. The average molecular weight is 462 g/mol. The van der Waals surface area contributed by atoms with Gasteiger partial charge in [0.05, 0.1) is 18.8 Å². The number of carbonyl (C=O) groups is 2. The lowest BCUT2D eigenvalue weighted by atomic mass is 9.71. The van der Waals surface area contributed by atoms with Crippen molar-refractivity contribution in [2.75, 3.05) is 13.2 Å². The van der Waals surface area contributed by atoms with E-state index < -0.39 is 11.9 Å². The first kappa shape index (κ1) is 23.6. The summed E-state index contributed by atoms with van der Waals surface area (Å²) in [7, 11) is 0. The molecule has 6 heteroatoms. The van der Waals surface area contributed by atoms with Gasteiger partial charge in [-0.1, -0.05) is 43.3 Å². The third-order valence-corrected chi connectivity index (χ3v) is 6.37. The summed E-state index contributed by atoms with van der Waals surface area (Å²) in [6, 6.07) is 15.1. The van der Waals surface area contributed by atoms with Gasteiger partial charge in [0, 0.05) is 29.3 Å². The number of rotatable bonds is 7. The van der Waals surface area contributed by atoms with Crippen molar-refractivity contribution in [2.45, 2.75) is 51.9 Å². The van der Waals surface area contributed by atoms with Crippen LogP contribution in [0.5, 0.6) is 11.5 Å². The second-order valence-electron chi connectivity index (χ2n) is 8.72. The van der Waals surface area contributed by atoms with E-state index in [9.17, 15) is 14.7 Å². The highest BCUT2D eigenvalue weighted by Gasteiger charge is 2.41. The van der Waals surface area contributed by atoms with Gasteiger partial charge in [-0.05, 0) is 55.9 Å². The number of ether oxygens (including phenoxy) is 2. The van der Waals surface area contributed by atoms with Crippen LogP contribution in [0.3, 0.4) is 0 Å². The molecule has 1 aliphatic carbocycles. The molecule has 0 bridgehead atoms. The Balaban J connectivity index is 1.81. The fraction of sp³-hybridized carbons (Fsp3) is 0.357. The van der Waals surface area contributed by atoms with Crippen LogP contribution in [0.25, 0.3) is 0 Å². The van der Waals surface area contributed by atoms with Crippen molar-refractivity contribution in [1.82, 2.24) is 5.32 Å². The van der Waals surface area contributed by atoms with E-state index in [2.05, 4.69) is 5.32 Å². The standard InChI is InChI=1S/C28H31NO5/c1-4-13-34-28(32)25-17(3)29-21-14-20(18-9-7-6-8-10-18)15-23(31)27(21)26(25)19-11-12-22(30)24(16-19)33-5-2/h6-12,16,20,26,29-30H,4-5,13-15H2,1-3H3/t20-,26+/m0/s1. The van der Waals surface area contributed by atoms with Crippen LogP contribution in [-0.4, -0.2) is 30.1 Å². The molecule has 2 aromatic carbocycles. The number of hydrogen-bond acceptors (Lipinski definition) is 6. The number of phenolic OH excluding ortho intramolecular Hbond substituents is 1. The van der Waals surface area contributed by atoms with E-state index in [1.54, 1.807) is 18.2 Å². The normalized spacial score (nSPS) is 20.0. The second-order valence-corrected chi connectivity index (χ2v) is 8.72. The molecule has 0 fully saturated rings. The van der Waals surface area contributed by atoms with E-state index in [0.29, 0.717) is 60.6 Å². The first-order chi connectivity index (χ1) is 16.4. The van der Waals surface area contributed by atoms with Gasteiger partial charge < -0.3 is 19.9 Å². The maximum atomic E-state index is 13.6. The Morgan fingerprint density at radius 3 is 2.56 bits per heavy atom. The fourth-order valence-corrected chi connectivity index (χ4v) is 4.86. The molecule has 2 N–H and O–H groups in total. The van der Waals surface area contributed by atoms with Gasteiger partial charge in [-0.3, -0.25) is 4.79 Å². The lowest BCUT2D eigenvalue weighted by Gasteiger charge is -2.36. The van der Waals surface area contributed by atoms with Gasteiger partial charge in [0.15, 0.2) is 17.3 Å². The maximum absolute atomic E-state index is 13.6. The van der Waals surface area contributed by atoms with Gasteiger partial charge >= 0.3 is 5.97 Å². The third kappa shape index (κ3) is 4.58. The van der Waals surface area contributed by atoms with Gasteiger partial charge in [-0.15, -0.1) is 0 Å². The van der Waals surface area contributed by atoms with Crippen LogP contribution in [0.15, 0.2) is 71.1 Å². The molecule has 0 radical (unpaired) electrons. The summed E-state index contributed by atoms with van der Waals surface area (Å²) in [6.07, 6.45) is 1.75. The number of nitrogens with one attached hydrogen (secondary N) is 1. The fourth-order valence-electron chi connectivity index (χ4n) is 4.86. The minimum absolute atomic E-state index is 0.00642. The molecule has 0 saturated heterocycles. The Morgan fingerprint density at radius 1 is 1.09 bits per heavy atom. The smallest absolute Gasteiger partial charge is 0.336 e. The minimum atomic E-state index is -0.593. The molecule has 2 atom stereocenters. The molecule has 6 nitrogen and oxygen atoms in total. The number of esters is 1. The van der Waals surface area contributed by atoms with E-state index in [-0.39, 0.29) is 17.5 Å². The molecule has 34 heavy (non-hydrogen) atoms. The number of allylic oxidation sites excluding steroid dienone is 3. The summed E-state index contributed by atoms with van der Waals surface area (Å²) in [5.74, 6) is -0.613. The molecule has 0 amide bonds. The highest BCUT2D eigenvalue weighted by atomic mass is 16.5. The van der Waals surface area contributed by atoms with Crippen LogP contribution in [0.4, 0.5) is 0 Å². The second kappa shape index (κ2) is 10.2. The van der Waals surface area contributed by atoms with Crippen molar-refractivity contribution < 1.29 is 24.2 Å². The number of dihydropyridines is 1. The molecule has 1 aliphatic heterocycles. The molecule has 1 heterocycles. The summed E-state index contributed by atoms with van der Waals surface area (Å²) in [4.78, 5) is 26.8. The van der Waals surface area contributed by atoms with Gasteiger partial charge in [-0.25, -0.2) is 4.79 Å². The molecule has 2 aromatic rings. The molecular weight excluding hydrogens is 430 g/mol. The molecule has 0 spiro atoms. The predicted octanol–water partition coefficient (Wildman–Crippen LogP) is 5.11. The zero-order valence-electron chi connectivity index (χ0n) is 19.9. The Bertz CT molecular complexity index is 1150. The van der Waals surface area contributed by atoms with Gasteiger partial charge in [0.25, 0.3) is 0 Å². The zero-order valence-corrected chi connectivity index (χ0v) is 19.9. The zero-order chi connectivity index (χ0) is 24.2. The number of benzene rings is 2. The molecule has 0 unspecified atom stereocenters. The Kier molecular flexibility index (Phi) is 7.06. The molecule has 4 rings (SSSR count). The highest BCUT2D eigenvalue weighted by Crippen LogP contribution is 2.46. The Morgan fingerprint density at radius 2 is 1.85 bits per heavy atom. The summed E-state index contributed by atoms with van der Waals surface area (Å²) in [5, 5.41) is 13.6. The van der Waals surface area contributed by atoms with Gasteiger partial charge in [0.1, 0.15) is 0 Å². The quantitative estimate of drug-likeness (QED) is 0.558.